The van der Waals surface area contributed by atoms with Gasteiger partial charge in [-0.2, -0.15) is 0 Å². The van der Waals surface area contributed by atoms with Gasteiger partial charge in [0.05, 0.1) is 12.7 Å². The molecule has 0 fully saturated rings. The van der Waals surface area contributed by atoms with Crippen LogP contribution < -0.4 is 10.3 Å². The average Bonchev–Trinajstić information content (AvgIpc) is 2.62. The van der Waals surface area contributed by atoms with Crippen molar-refractivity contribution < 1.29 is 19.0 Å². The van der Waals surface area contributed by atoms with Gasteiger partial charge < -0.3 is 9.84 Å². The minimum absolute atomic E-state index is 0.0881. The first-order valence-corrected chi connectivity index (χ1v) is 7.40. The molecule has 0 amide bonds. The maximum absolute atomic E-state index is 13.1. The highest BCUT2D eigenvalue weighted by atomic mass is 19.1. The van der Waals surface area contributed by atoms with Gasteiger partial charge in [0.2, 0.25) is 0 Å². The summed E-state index contributed by atoms with van der Waals surface area (Å²) in [6.07, 6.45) is 1.36. The van der Waals surface area contributed by atoms with Gasteiger partial charge in [-0.15, -0.1) is 0 Å². The summed E-state index contributed by atoms with van der Waals surface area (Å²) in [5.74, 6) is -0.669. The van der Waals surface area contributed by atoms with Crippen LogP contribution in [0.3, 0.4) is 0 Å². The van der Waals surface area contributed by atoms with E-state index in [-0.39, 0.29) is 22.4 Å². The van der Waals surface area contributed by atoms with Crippen LogP contribution in [0.25, 0.3) is 5.69 Å². The summed E-state index contributed by atoms with van der Waals surface area (Å²) in [5, 5.41) is 10.0. The van der Waals surface area contributed by atoms with Crippen molar-refractivity contribution in [3.63, 3.8) is 0 Å². The Bertz CT molecular complexity index is 993. The number of methoxy groups -OCH3 is 1. The highest BCUT2D eigenvalue weighted by Gasteiger charge is 2.15. The third kappa shape index (κ3) is 3.28. The molecule has 3 aromatic rings. The Balaban J connectivity index is 2.03. The molecule has 0 aliphatic carbocycles. The van der Waals surface area contributed by atoms with Gasteiger partial charge in [0.25, 0.3) is 5.56 Å². The summed E-state index contributed by atoms with van der Waals surface area (Å²) in [6.45, 7) is 0. The van der Waals surface area contributed by atoms with Crippen molar-refractivity contribution in [2.45, 2.75) is 0 Å². The van der Waals surface area contributed by atoms with Crippen LogP contribution in [0, 0.1) is 5.82 Å². The van der Waals surface area contributed by atoms with E-state index >= 15 is 0 Å². The van der Waals surface area contributed by atoms with Gasteiger partial charge in [-0.05, 0) is 42.5 Å². The first kappa shape index (κ1) is 16.4. The number of aromatic hydroxyl groups is 1. The van der Waals surface area contributed by atoms with Gasteiger partial charge in [-0.25, -0.2) is 4.39 Å². The molecule has 6 heteroatoms. The number of phenols is 1. The number of ketones is 1. The molecule has 0 spiro atoms. The number of halogens is 1. The summed E-state index contributed by atoms with van der Waals surface area (Å²) >= 11 is 0. The molecule has 0 saturated heterocycles. The molecule has 1 aromatic heterocycles. The lowest BCUT2D eigenvalue weighted by molar-refractivity contribution is 0.103. The Kier molecular flexibility index (Phi) is 4.35. The predicted molar refractivity (Wildman–Crippen MR) is 90.1 cm³/mol. The molecule has 0 bridgehead atoms. The van der Waals surface area contributed by atoms with E-state index in [0.29, 0.717) is 11.4 Å². The van der Waals surface area contributed by atoms with Crippen molar-refractivity contribution in [2.75, 3.05) is 7.11 Å². The third-order valence-corrected chi connectivity index (χ3v) is 3.73. The van der Waals surface area contributed by atoms with E-state index in [1.54, 1.807) is 6.07 Å². The second-order valence-corrected chi connectivity index (χ2v) is 5.31. The van der Waals surface area contributed by atoms with Crippen LogP contribution in [0.2, 0.25) is 0 Å². The Hall–Kier alpha value is -3.41. The van der Waals surface area contributed by atoms with E-state index < -0.39 is 11.6 Å². The maximum Gasteiger partial charge on any atom is 0.255 e. The molecule has 25 heavy (non-hydrogen) atoms. The lowest BCUT2D eigenvalue weighted by atomic mass is 10.0. The fourth-order valence-corrected chi connectivity index (χ4v) is 2.41. The minimum Gasteiger partial charge on any atom is -0.507 e. The van der Waals surface area contributed by atoms with Crippen molar-refractivity contribution >= 4 is 5.78 Å². The predicted octanol–water partition coefficient (Wildman–Crippen LogP) is 2.92. The van der Waals surface area contributed by atoms with Crippen molar-refractivity contribution in [2.24, 2.45) is 0 Å². The highest BCUT2D eigenvalue weighted by Crippen LogP contribution is 2.25. The number of ether oxygens (including phenoxy) is 1. The zero-order valence-corrected chi connectivity index (χ0v) is 13.3. The lowest BCUT2D eigenvalue weighted by Gasteiger charge is -2.09. The number of carbonyl (C=O) groups excluding carboxylic acids is 1. The fraction of sp³-hybridized carbons (Fsp3) is 0.0526. The topological polar surface area (TPSA) is 68.5 Å². The number of phenolic OH excluding ortho intramolecular Hbond substituents is 1. The van der Waals surface area contributed by atoms with Crippen LogP contribution >= 0.6 is 0 Å². The van der Waals surface area contributed by atoms with Gasteiger partial charge >= 0.3 is 0 Å². The van der Waals surface area contributed by atoms with E-state index in [0.717, 1.165) is 0 Å². The van der Waals surface area contributed by atoms with Crippen molar-refractivity contribution in [1.82, 2.24) is 4.57 Å². The highest BCUT2D eigenvalue weighted by molar-refractivity contribution is 6.10. The quantitative estimate of drug-likeness (QED) is 0.742. The molecule has 0 saturated carbocycles. The standard InChI is InChI=1S/C19H14FNO4/c1-25-15-7-8-16(17(22)10-15)19(24)12-2-9-18(23)21(11-12)14-5-3-13(20)4-6-14/h2-11,22H,1H3. The molecule has 0 atom stereocenters. The molecule has 5 nitrogen and oxygen atoms in total. The Morgan fingerprint density at radius 1 is 1.08 bits per heavy atom. The van der Waals surface area contributed by atoms with Crippen LogP contribution in [0.4, 0.5) is 4.39 Å². The molecule has 0 unspecified atom stereocenters. The lowest BCUT2D eigenvalue weighted by Crippen LogP contribution is -2.18. The summed E-state index contributed by atoms with van der Waals surface area (Å²) in [7, 11) is 1.45. The van der Waals surface area contributed by atoms with Gasteiger partial charge in [-0.1, -0.05) is 0 Å². The average molecular weight is 339 g/mol. The number of pyridine rings is 1. The summed E-state index contributed by atoms with van der Waals surface area (Å²) < 4.78 is 19.3. The molecular weight excluding hydrogens is 325 g/mol. The van der Waals surface area contributed by atoms with E-state index in [2.05, 4.69) is 0 Å². The fourth-order valence-electron chi connectivity index (χ4n) is 2.41. The zero-order chi connectivity index (χ0) is 18.0. The van der Waals surface area contributed by atoms with Crippen LogP contribution in [0.1, 0.15) is 15.9 Å². The Morgan fingerprint density at radius 2 is 1.80 bits per heavy atom. The van der Waals surface area contributed by atoms with Crippen molar-refractivity contribution in [3.8, 4) is 17.2 Å². The molecule has 0 aliphatic rings. The molecule has 1 N–H and O–H groups in total. The van der Waals surface area contributed by atoms with E-state index in [1.807, 2.05) is 0 Å². The monoisotopic (exact) mass is 339 g/mol. The van der Waals surface area contributed by atoms with Gasteiger partial charge in [0.1, 0.15) is 17.3 Å². The molecule has 3 rings (SSSR count). The number of hydrogen-bond donors (Lipinski definition) is 1. The van der Waals surface area contributed by atoms with E-state index in [9.17, 15) is 19.1 Å². The molecule has 126 valence electrons. The first-order chi connectivity index (χ1) is 12.0. The Morgan fingerprint density at radius 3 is 2.44 bits per heavy atom. The number of benzene rings is 2. The van der Waals surface area contributed by atoms with E-state index in [4.69, 9.17) is 4.74 Å². The molecule has 2 aromatic carbocycles. The minimum atomic E-state index is -0.448. The first-order valence-electron chi connectivity index (χ1n) is 7.40. The van der Waals surface area contributed by atoms with Crippen LogP contribution in [-0.2, 0) is 0 Å². The SMILES string of the molecule is COc1ccc(C(=O)c2ccc(=O)n(-c3ccc(F)cc3)c2)c(O)c1. The third-order valence-electron chi connectivity index (χ3n) is 3.73. The molecular formula is C19H14FNO4. The maximum atomic E-state index is 13.1. The molecule has 1 heterocycles. The number of hydrogen-bond acceptors (Lipinski definition) is 4. The van der Waals surface area contributed by atoms with Gasteiger partial charge in [0, 0.05) is 29.6 Å². The Labute approximate surface area is 142 Å². The summed E-state index contributed by atoms with van der Waals surface area (Å²) in [6, 6.07) is 12.3. The molecule has 0 aliphatic heterocycles. The van der Waals surface area contributed by atoms with Crippen LogP contribution in [-0.4, -0.2) is 22.6 Å². The summed E-state index contributed by atoms with van der Waals surface area (Å²) in [4.78, 5) is 24.7. The smallest absolute Gasteiger partial charge is 0.255 e. The second kappa shape index (κ2) is 6.60. The summed E-state index contributed by atoms with van der Waals surface area (Å²) in [5.41, 5.74) is 0.372. The van der Waals surface area contributed by atoms with Gasteiger partial charge in [-0.3, -0.25) is 14.2 Å². The number of rotatable bonds is 4. The largest absolute Gasteiger partial charge is 0.507 e. The normalized spacial score (nSPS) is 10.5. The van der Waals surface area contributed by atoms with Crippen molar-refractivity contribution in [1.29, 1.82) is 0 Å². The zero-order valence-electron chi connectivity index (χ0n) is 13.3. The van der Waals surface area contributed by atoms with Crippen molar-refractivity contribution in [3.05, 3.63) is 88.1 Å². The molecule has 0 radical (unpaired) electrons. The second-order valence-electron chi connectivity index (χ2n) is 5.31. The van der Waals surface area contributed by atoms with Crippen LogP contribution in [0.15, 0.2) is 65.6 Å². The number of carbonyl (C=O) groups is 1. The van der Waals surface area contributed by atoms with E-state index in [1.165, 1.54) is 66.4 Å². The number of nitrogens with zero attached hydrogens (tertiary/aromatic N) is 1. The van der Waals surface area contributed by atoms with Crippen LogP contribution in [0.5, 0.6) is 11.5 Å². The number of aromatic nitrogens is 1. The van der Waals surface area contributed by atoms with Gasteiger partial charge in [0.15, 0.2) is 5.78 Å².